The molecule has 3 aromatic heterocycles. The van der Waals surface area contributed by atoms with Crippen molar-refractivity contribution in [2.45, 2.75) is 18.8 Å². The van der Waals surface area contributed by atoms with Crippen molar-refractivity contribution in [3.8, 4) is 5.75 Å². The fourth-order valence-electron chi connectivity index (χ4n) is 3.57. The van der Waals surface area contributed by atoms with E-state index in [4.69, 9.17) is 9.47 Å². The van der Waals surface area contributed by atoms with E-state index in [1.54, 1.807) is 36.3 Å². The molecule has 0 saturated heterocycles. The van der Waals surface area contributed by atoms with E-state index in [9.17, 15) is 9.59 Å². The Morgan fingerprint density at radius 3 is 2.73 bits per heavy atom. The summed E-state index contributed by atoms with van der Waals surface area (Å²) in [5.41, 5.74) is 3.13. The fourth-order valence-corrected chi connectivity index (χ4v) is 3.57. The van der Waals surface area contributed by atoms with Crippen molar-refractivity contribution in [3.63, 3.8) is 0 Å². The fraction of sp³-hybridized carbons (Fsp3) is 0.238. The molecule has 4 rings (SSSR count). The summed E-state index contributed by atoms with van der Waals surface area (Å²) in [6, 6.07) is 9.35. The number of esters is 1. The highest BCUT2D eigenvalue weighted by Crippen LogP contribution is 2.31. The van der Waals surface area contributed by atoms with Crippen LogP contribution in [0.4, 0.5) is 0 Å². The predicted octanol–water partition coefficient (Wildman–Crippen LogP) is 2.04. The van der Waals surface area contributed by atoms with Crippen LogP contribution in [0.25, 0.3) is 5.65 Å². The van der Waals surface area contributed by atoms with Gasteiger partial charge >= 0.3 is 5.97 Å². The van der Waals surface area contributed by atoms with Crippen LogP contribution in [0.1, 0.15) is 34.7 Å². The maximum absolute atomic E-state index is 12.8. The first kappa shape index (κ1) is 19.4. The summed E-state index contributed by atoms with van der Waals surface area (Å²) in [5, 5.41) is 9.93. The van der Waals surface area contributed by atoms with Gasteiger partial charge in [-0.1, -0.05) is 12.1 Å². The molecular weight excluding hydrogens is 386 g/mol. The Hall–Kier alpha value is -3.88. The summed E-state index contributed by atoms with van der Waals surface area (Å²) in [7, 11) is 2.94. The van der Waals surface area contributed by atoms with E-state index in [-0.39, 0.29) is 12.0 Å². The number of carbonyl (C=O) groups excluding carboxylic acids is 1. The van der Waals surface area contributed by atoms with Crippen LogP contribution in [0, 0.1) is 0 Å². The predicted molar refractivity (Wildman–Crippen MR) is 109 cm³/mol. The van der Waals surface area contributed by atoms with Gasteiger partial charge in [0, 0.05) is 41.6 Å². The highest BCUT2D eigenvalue weighted by Gasteiger charge is 2.28. The topological polar surface area (TPSA) is 114 Å². The van der Waals surface area contributed by atoms with Crippen molar-refractivity contribution in [2.75, 3.05) is 14.2 Å². The van der Waals surface area contributed by atoms with Crippen LogP contribution in [0.2, 0.25) is 0 Å². The molecule has 0 fully saturated rings. The first-order valence-corrected chi connectivity index (χ1v) is 9.38. The molecule has 4 aromatic rings. The molecule has 0 bridgehead atoms. The first-order valence-electron chi connectivity index (χ1n) is 9.38. The molecule has 0 aliphatic carbocycles. The molecule has 0 unspecified atom stereocenters. The number of rotatable bonds is 7. The molecule has 3 heterocycles. The zero-order valence-electron chi connectivity index (χ0n) is 16.6. The summed E-state index contributed by atoms with van der Waals surface area (Å²) < 4.78 is 11.7. The second kappa shape index (κ2) is 8.24. The van der Waals surface area contributed by atoms with E-state index in [2.05, 4.69) is 20.3 Å². The van der Waals surface area contributed by atoms with Gasteiger partial charge in [0.15, 0.2) is 5.65 Å². The molecule has 0 aliphatic rings. The average molecular weight is 407 g/mol. The van der Waals surface area contributed by atoms with Gasteiger partial charge in [0.1, 0.15) is 5.75 Å². The van der Waals surface area contributed by atoms with E-state index in [1.165, 1.54) is 7.11 Å². The molecule has 0 aliphatic heterocycles. The van der Waals surface area contributed by atoms with E-state index in [1.807, 2.05) is 24.3 Å². The number of benzene rings is 1. The van der Waals surface area contributed by atoms with Crippen molar-refractivity contribution >= 4 is 11.6 Å². The Balaban J connectivity index is 1.78. The molecule has 0 amide bonds. The van der Waals surface area contributed by atoms with Crippen LogP contribution in [0.3, 0.4) is 0 Å². The Bertz CT molecular complexity index is 1220. The number of aromatic amines is 2. The first-order chi connectivity index (χ1) is 14.6. The van der Waals surface area contributed by atoms with Gasteiger partial charge in [-0.15, -0.1) is 0 Å². The van der Waals surface area contributed by atoms with Crippen LogP contribution in [0.15, 0.2) is 53.7 Å². The molecule has 2 N–H and O–H groups in total. The molecule has 0 radical (unpaired) electrons. The summed E-state index contributed by atoms with van der Waals surface area (Å²) in [4.78, 5) is 29.3. The largest absolute Gasteiger partial charge is 0.497 e. The number of aromatic nitrogens is 5. The molecule has 30 heavy (non-hydrogen) atoms. The number of nitrogens with zero attached hydrogens (tertiary/aromatic N) is 3. The molecule has 0 saturated carbocycles. The van der Waals surface area contributed by atoms with Crippen molar-refractivity contribution in [1.82, 2.24) is 24.8 Å². The van der Waals surface area contributed by atoms with Gasteiger partial charge < -0.3 is 14.6 Å². The monoisotopic (exact) mass is 407 g/mol. The number of hydrogen-bond acceptors (Lipinski definition) is 6. The van der Waals surface area contributed by atoms with Crippen LogP contribution < -0.4 is 10.3 Å². The second-order valence-electron chi connectivity index (χ2n) is 6.82. The average Bonchev–Trinajstić information content (AvgIpc) is 3.36. The SMILES string of the molecule is COC(=O)C[C@@H](c1c(Cc2ccc(OC)cc2)[nH][nH]c1=O)c1cnn2cccnc12. The minimum atomic E-state index is -0.562. The number of hydrogen-bond donors (Lipinski definition) is 2. The standard InChI is InChI=1S/C21H21N5O4/c1-29-14-6-4-13(5-7-14)10-17-19(21(28)25-24-17)15(11-18(27)30-2)16-12-23-26-9-3-8-22-20(16)26/h3-9,12,15H,10-11H2,1-2H3,(H2,24,25,28)/t15-/m1/s1. The smallest absolute Gasteiger partial charge is 0.306 e. The van der Waals surface area contributed by atoms with Gasteiger partial charge in [0.25, 0.3) is 5.56 Å². The third kappa shape index (κ3) is 3.69. The quantitative estimate of drug-likeness (QED) is 0.453. The second-order valence-corrected chi connectivity index (χ2v) is 6.82. The number of ether oxygens (including phenoxy) is 2. The van der Waals surface area contributed by atoms with Gasteiger partial charge in [-0.2, -0.15) is 5.10 Å². The lowest BCUT2D eigenvalue weighted by atomic mass is 9.88. The highest BCUT2D eigenvalue weighted by molar-refractivity contribution is 5.72. The molecule has 9 nitrogen and oxygen atoms in total. The summed E-state index contributed by atoms with van der Waals surface area (Å²) in [6.45, 7) is 0. The van der Waals surface area contributed by atoms with Gasteiger partial charge in [-0.3, -0.25) is 14.7 Å². The van der Waals surface area contributed by atoms with E-state index in [0.717, 1.165) is 11.3 Å². The van der Waals surface area contributed by atoms with Crippen LogP contribution in [-0.4, -0.2) is 45.0 Å². The third-order valence-electron chi connectivity index (χ3n) is 5.07. The lowest BCUT2D eigenvalue weighted by molar-refractivity contribution is -0.140. The van der Waals surface area contributed by atoms with Gasteiger partial charge in [0.05, 0.1) is 26.8 Å². The maximum Gasteiger partial charge on any atom is 0.306 e. The van der Waals surface area contributed by atoms with Crippen molar-refractivity contribution in [3.05, 3.63) is 81.7 Å². The van der Waals surface area contributed by atoms with Crippen molar-refractivity contribution in [2.24, 2.45) is 0 Å². The molecule has 154 valence electrons. The van der Waals surface area contributed by atoms with Crippen LogP contribution in [-0.2, 0) is 16.0 Å². The zero-order valence-corrected chi connectivity index (χ0v) is 16.6. The summed E-state index contributed by atoms with van der Waals surface area (Å²) >= 11 is 0. The van der Waals surface area contributed by atoms with Crippen LogP contribution in [0.5, 0.6) is 5.75 Å². The number of nitrogens with one attached hydrogen (secondary N) is 2. The van der Waals surface area contributed by atoms with Gasteiger partial charge in [-0.05, 0) is 23.8 Å². The summed E-state index contributed by atoms with van der Waals surface area (Å²) in [6.07, 6.45) is 5.52. The Kier molecular flexibility index (Phi) is 5.34. The highest BCUT2D eigenvalue weighted by atomic mass is 16.5. The summed E-state index contributed by atoms with van der Waals surface area (Å²) in [5.74, 6) is -0.234. The molecule has 0 spiro atoms. The van der Waals surface area contributed by atoms with Crippen LogP contribution >= 0.6 is 0 Å². The van der Waals surface area contributed by atoms with Gasteiger partial charge in [-0.25, -0.2) is 9.50 Å². The zero-order chi connectivity index (χ0) is 21.1. The number of H-pyrrole nitrogens is 2. The van der Waals surface area contributed by atoms with Crippen molar-refractivity contribution < 1.29 is 14.3 Å². The third-order valence-corrected chi connectivity index (χ3v) is 5.07. The lowest BCUT2D eigenvalue weighted by Gasteiger charge is -2.15. The van der Waals surface area contributed by atoms with E-state index in [0.29, 0.717) is 28.9 Å². The normalized spacial score (nSPS) is 12.1. The number of methoxy groups -OCH3 is 2. The minimum absolute atomic E-state index is 0.00895. The molecule has 9 heteroatoms. The molecule has 1 aromatic carbocycles. The van der Waals surface area contributed by atoms with Gasteiger partial charge in [0.2, 0.25) is 0 Å². The Labute approximate surface area is 171 Å². The number of carbonyl (C=O) groups is 1. The molecular formula is C21H21N5O4. The Morgan fingerprint density at radius 2 is 2.00 bits per heavy atom. The van der Waals surface area contributed by atoms with E-state index < -0.39 is 11.9 Å². The Morgan fingerprint density at radius 1 is 1.20 bits per heavy atom. The maximum atomic E-state index is 12.8. The molecule has 1 atom stereocenters. The van der Waals surface area contributed by atoms with Crippen molar-refractivity contribution in [1.29, 1.82) is 0 Å². The minimum Gasteiger partial charge on any atom is -0.497 e. The van der Waals surface area contributed by atoms with E-state index >= 15 is 0 Å². The lowest BCUT2D eigenvalue weighted by Crippen LogP contribution is -2.18. The number of fused-ring (bicyclic) bond motifs is 1.